The minimum Gasteiger partial charge on any atom is -0.373 e. The van der Waals surface area contributed by atoms with Crippen LogP contribution in [0.5, 0.6) is 0 Å². The standard InChI is InChI=1S/C12H13IO/c1-2-14-12-8-7-11(12)9-3-5-10(13)6-4-9/h3-8,11-12H,2H2,1H3. The molecule has 14 heavy (non-hydrogen) atoms. The summed E-state index contributed by atoms with van der Waals surface area (Å²) in [6.45, 7) is 2.83. The summed E-state index contributed by atoms with van der Waals surface area (Å²) in [7, 11) is 0. The van der Waals surface area contributed by atoms with Gasteiger partial charge < -0.3 is 4.74 Å². The SMILES string of the molecule is CCOC1C=CC1c1ccc(I)cc1. The molecule has 0 saturated heterocycles. The lowest BCUT2D eigenvalue weighted by Crippen LogP contribution is -2.25. The van der Waals surface area contributed by atoms with Crippen LogP contribution in [0, 0.1) is 3.57 Å². The van der Waals surface area contributed by atoms with E-state index in [0.717, 1.165) is 6.61 Å². The predicted molar refractivity (Wildman–Crippen MR) is 66.5 cm³/mol. The Labute approximate surface area is 98.3 Å². The number of hydrogen-bond donors (Lipinski definition) is 0. The Morgan fingerprint density at radius 2 is 1.93 bits per heavy atom. The minimum absolute atomic E-state index is 0.292. The van der Waals surface area contributed by atoms with Crippen molar-refractivity contribution in [1.29, 1.82) is 0 Å². The number of benzene rings is 1. The summed E-state index contributed by atoms with van der Waals surface area (Å²) in [5, 5.41) is 0. The molecule has 0 aliphatic heterocycles. The van der Waals surface area contributed by atoms with Crippen LogP contribution in [0.2, 0.25) is 0 Å². The fourth-order valence-corrected chi connectivity index (χ4v) is 2.01. The van der Waals surface area contributed by atoms with Crippen LogP contribution < -0.4 is 0 Å². The van der Waals surface area contributed by atoms with Crippen molar-refractivity contribution < 1.29 is 4.74 Å². The third kappa shape index (κ3) is 2.01. The second kappa shape index (κ2) is 4.45. The van der Waals surface area contributed by atoms with Crippen molar-refractivity contribution in [3.63, 3.8) is 0 Å². The summed E-state index contributed by atoms with van der Waals surface area (Å²) in [5.74, 6) is 0.465. The van der Waals surface area contributed by atoms with Crippen molar-refractivity contribution in [2.24, 2.45) is 0 Å². The van der Waals surface area contributed by atoms with Gasteiger partial charge in [-0.1, -0.05) is 24.3 Å². The third-order valence-corrected chi connectivity index (χ3v) is 3.20. The number of rotatable bonds is 3. The smallest absolute Gasteiger partial charge is 0.0858 e. The molecule has 2 rings (SSSR count). The second-order valence-corrected chi connectivity index (χ2v) is 4.63. The Hall–Kier alpha value is -0.350. The number of ether oxygens (including phenoxy) is 1. The zero-order valence-corrected chi connectivity index (χ0v) is 10.3. The van der Waals surface area contributed by atoms with E-state index in [9.17, 15) is 0 Å². The maximum atomic E-state index is 5.59. The molecule has 2 atom stereocenters. The predicted octanol–water partition coefficient (Wildman–Crippen LogP) is 3.35. The van der Waals surface area contributed by atoms with Gasteiger partial charge in [0.25, 0.3) is 0 Å². The maximum absolute atomic E-state index is 5.59. The lowest BCUT2D eigenvalue weighted by Gasteiger charge is -2.29. The minimum atomic E-state index is 0.292. The van der Waals surface area contributed by atoms with Gasteiger partial charge in [0.1, 0.15) is 0 Å². The summed E-state index contributed by atoms with van der Waals surface area (Å²) in [6, 6.07) is 8.65. The van der Waals surface area contributed by atoms with Crippen molar-refractivity contribution in [2.45, 2.75) is 18.9 Å². The fourth-order valence-electron chi connectivity index (χ4n) is 1.65. The van der Waals surface area contributed by atoms with Gasteiger partial charge in [-0.3, -0.25) is 0 Å². The van der Waals surface area contributed by atoms with E-state index in [1.807, 2.05) is 6.92 Å². The second-order valence-electron chi connectivity index (χ2n) is 3.38. The normalized spacial score (nSPS) is 24.7. The molecule has 0 spiro atoms. The summed E-state index contributed by atoms with van der Waals surface area (Å²) in [6.07, 6.45) is 4.63. The molecule has 1 aromatic carbocycles. The van der Waals surface area contributed by atoms with Crippen LogP contribution in [0.1, 0.15) is 18.4 Å². The van der Waals surface area contributed by atoms with Crippen LogP contribution >= 0.6 is 22.6 Å². The molecule has 2 unspecified atom stereocenters. The highest BCUT2D eigenvalue weighted by Gasteiger charge is 2.25. The first-order chi connectivity index (χ1) is 6.81. The quantitative estimate of drug-likeness (QED) is 0.614. The molecule has 74 valence electrons. The van der Waals surface area contributed by atoms with Crippen molar-refractivity contribution in [1.82, 2.24) is 0 Å². The van der Waals surface area contributed by atoms with Crippen LogP contribution in [-0.4, -0.2) is 12.7 Å². The van der Waals surface area contributed by atoms with Crippen molar-refractivity contribution in [3.05, 3.63) is 45.6 Å². The van der Waals surface area contributed by atoms with E-state index in [2.05, 4.69) is 59.0 Å². The van der Waals surface area contributed by atoms with E-state index < -0.39 is 0 Å². The highest BCUT2D eigenvalue weighted by molar-refractivity contribution is 14.1. The molecule has 0 radical (unpaired) electrons. The van der Waals surface area contributed by atoms with Gasteiger partial charge in [0.05, 0.1) is 6.10 Å². The van der Waals surface area contributed by atoms with Gasteiger partial charge in [-0.15, -0.1) is 0 Å². The first-order valence-corrected chi connectivity index (χ1v) is 5.94. The lowest BCUT2D eigenvalue weighted by molar-refractivity contribution is 0.0740. The van der Waals surface area contributed by atoms with Gasteiger partial charge in [-0.25, -0.2) is 0 Å². The molecule has 0 saturated carbocycles. The van der Waals surface area contributed by atoms with E-state index in [0.29, 0.717) is 12.0 Å². The van der Waals surface area contributed by atoms with E-state index in [1.54, 1.807) is 0 Å². The Bertz CT molecular complexity index is 329. The molecule has 0 amide bonds. The van der Waals surface area contributed by atoms with Crippen LogP contribution in [0.15, 0.2) is 36.4 Å². The van der Waals surface area contributed by atoms with Gasteiger partial charge in [0.15, 0.2) is 0 Å². The highest BCUT2D eigenvalue weighted by atomic mass is 127. The molecule has 0 aromatic heterocycles. The van der Waals surface area contributed by atoms with E-state index >= 15 is 0 Å². The molecule has 0 fully saturated rings. The Balaban J connectivity index is 2.09. The van der Waals surface area contributed by atoms with Gasteiger partial charge in [-0.05, 0) is 47.2 Å². The summed E-state index contributed by atoms with van der Waals surface area (Å²) in [4.78, 5) is 0. The Morgan fingerprint density at radius 3 is 2.43 bits per heavy atom. The first-order valence-electron chi connectivity index (χ1n) is 4.86. The molecule has 0 bridgehead atoms. The van der Waals surface area contributed by atoms with Gasteiger partial charge in [0, 0.05) is 16.1 Å². The zero-order valence-electron chi connectivity index (χ0n) is 8.11. The molecule has 1 nitrogen and oxygen atoms in total. The van der Waals surface area contributed by atoms with Crippen molar-refractivity contribution in [3.8, 4) is 0 Å². The molecular weight excluding hydrogens is 287 g/mol. The summed E-state index contributed by atoms with van der Waals surface area (Å²) < 4.78 is 6.87. The van der Waals surface area contributed by atoms with Gasteiger partial charge in [-0.2, -0.15) is 0 Å². The molecule has 2 heteroatoms. The average molecular weight is 300 g/mol. The fraction of sp³-hybridized carbons (Fsp3) is 0.333. The largest absolute Gasteiger partial charge is 0.373 e. The lowest BCUT2D eigenvalue weighted by atomic mass is 9.85. The van der Waals surface area contributed by atoms with Gasteiger partial charge in [0.2, 0.25) is 0 Å². The molecule has 1 aliphatic carbocycles. The maximum Gasteiger partial charge on any atom is 0.0858 e. The third-order valence-electron chi connectivity index (χ3n) is 2.48. The molecule has 1 aromatic rings. The van der Waals surface area contributed by atoms with Crippen molar-refractivity contribution in [2.75, 3.05) is 6.61 Å². The number of halogens is 1. The Morgan fingerprint density at radius 1 is 1.21 bits per heavy atom. The average Bonchev–Trinajstić information content (AvgIpc) is 2.16. The monoisotopic (exact) mass is 300 g/mol. The summed E-state index contributed by atoms with van der Waals surface area (Å²) >= 11 is 2.32. The highest BCUT2D eigenvalue weighted by Crippen LogP contribution is 2.32. The van der Waals surface area contributed by atoms with Crippen LogP contribution in [0.4, 0.5) is 0 Å². The Kier molecular flexibility index (Phi) is 3.23. The first kappa shape index (κ1) is 10.2. The zero-order chi connectivity index (χ0) is 9.97. The van der Waals surface area contributed by atoms with Crippen molar-refractivity contribution >= 4 is 22.6 Å². The molecule has 0 N–H and O–H groups in total. The molecule has 0 heterocycles. The topological polar surface area (TPSA) is 9.23 Å². The van der Waals surface area contributed by atoms with Crippen LogP contribution in [-0.2, 0) is 4.74 Å². The van der Waals surface area contributed by atoms with E-state index in [1.165, 1.54) is 9.13 Å². The van der Waals surface area contributed by atoms with Crippen LogP contribution in [0.25, 0.3) is 0 Å². The van der Waals surface area contributed by atoms with E-state index in [4.69, 9.17) is 4.74 Å². The molecule has 1 aliphatic rings. The van der Waals surface area contributed by atoms with Gasteiger partial charge >= 0.3 is 0 Å². The summed E-state index contributed by atoms with van der Waals surface area (Å²) in [5.41, 5.74) is 1.35. The molecular formula is C12H13IO. The van der Waals surface area contributed by atoms with Crippen LogP contribution in [0.3, 0.4) is 0 Å². The van der Waals surface area contributed by atoms with E-state index in [-0.39, 0.29) is 0 Å². The number of hydrogen-bond acceptors (Lipinski definition) is 1.